The molecule has 1 aromatic carbocycles. The number of nitrogens with zero attached hydrogens (tertiary/aromatic N) is 1. The normalized spacial score (nSPS) is 10.4. The summed E-state index contributed by atoms with van der Waals surface area (Å²) < 4.78 is 24.2. The predicted molar refractivity (Wildman–Crippen MR) is 78.9 cm³/mol. The van der Waals surface area contributed by atoms with E-state index in [2.05, 4.69) is 4.98 Å². The first-order valence-corrected chi connectivity index (χ1v) is 6.86. The van der Waals surface area contributed by atoms with Crippen molar-refractivity contribution in [2.75, 3.05) is 6.61 Å². The van der Waals surface area contributed by atoms with E-state index in [4.69, 9.17) is 37.8 Å². The van der Waals surface area contributed by atoms with E-state index >= 15 is 0 Å². The molecule has 2 rings (SSSR count). The molecule has 1 N–H and O–H groups in total. The highest BCUT2D eigenvalue weighted by molar-refractivity contribution is 6.32. The summed E-state index contributed by atoms with van der Waals surface area (Å²) in [6.07, 6.45) is 1.33. The molecule has 0 aliphatic heterocycles. The Balaban J connectivity index is 2.29. The van der Waals surface area contributed by atoms with Gasteiger partial charge < -0.3 is 14.6 Å². The Morgan fingerprint density at radius 1 is 1.32 bits per heavy atom. The third-order valence-electron chi connectivity index (χ3n) is 2.54. The number of aromatic carboxylic acids is 1. The van der Waals surface area contributed by atoms with Gasteiger partial charge in [-0.15, -0.1) is 0 Å². The molecule has 0 unspecified atom stereocenters. The van der Waals surface area contributed by atoms with E-state index < -0.39 is 17.3 Å². The first-order valence-electron chi connectivity index (χ1n) is 6.11. The van der Waals surface area contributed by atoms with Crippen molar-refractivity contribution in [3.05, 3.63) is 45.8 Å². The van der Waals surface area contributed by atoms with Gasteiger partial charge in [-0.2, -0.15) is 0 Å². The van der Waals surface area contributed by atoms with E-state index in [0.717, 1.165) is 12.1 Å². The third-order valence-corrected chi connectivity index (χ3v) is 3.11. The molecule has 0 spiro atoms. The molecule has 0 fully saturated rings. The van der Waals surface area contributed by atoms with Crippen molar-refractivity contribution < 1.29 is 23.8 Å². The van der Waals surface area contributed by atoms with Gasteiger partial charge in [0.1, 0.15) is 22.3 Å². The third kappa shape index (κ3) is 3.58. The quantitative estimate of drug-likeness (QED) is 0.868. The Morgan fingerprint density at radius 2 is 2.05 bits per heavy atom. The molecule has 0 saturated heterocycles. The van der Waals surface area contributed by atoms with Crippen molar-refractivity contribution in [2.45, 2.75) is 6.92 Å². The molecule has 0 saturated carbocycles. The van der Waals surface area contributed by atoms with Gasteiger partial charge in [0.25, 0.3) is 0 Å². The number of carbonyl (C=O) groups is 1. The van der Waals surface area contributed by atoms with Crippen LogP contribution in [0, 0.1) is 5.82 Å². The maximum atomic E-state index is 13.6. The SMILES string of the molecule is CCOc1ncc(Oc2cc(F)c(C(=O)O)cc2Cl)cc1Cl. The minimum absolute atomic E-state index is 0.0498. The van der Waals surface area contributed by atoms with Crippen LogP contribution < -0.4 is 9.47 Å². The molecule has 0 aliphatic carbocycles. The highest BCUT2D eigenvalue weighted by Gasteiger charge is 2.16. The molecule has 0 radical (unpaired) electrons. The zero-order chi connectivity index (χ0) is 16.3. The number of ether oxygens (including phenoxy) is 2. The lowest BCUT2D eigenvalue weighted by Gasteiger charge is -2.10. The van der Waals surface area contributed by atoms with Crippen molar-refractivity contribution in [2.24, 2.45) is 0 Å². The average molecular weight is 346 g/mol. The fraction of sp³-hybridized carbons (Fsp3) is 0.143. The van der Waals surface area contributed by atoms with Crippen molar-refractivity contribution in [1.82, 2.24) is 4.98 Å². The Bertz CT molecular complexity index is 724. The van der Waals surface area contributed by atoms with Crippen molar-refractivity contribution in [1.29, 1.82) is 0 Å². The summed E-state index contributed by atoms with van der Waals surface area (Å²) in [7, 11) is 0. The lowest BCUT2D eigenvalue weighted by molar-refractivity contribution is 0.0692. The van der Waals surface area contributed by atoms with Gasteiger partial charge in [-0.25, -0.2) is 14.2 Å². The van der Waals surface area contributed by atoms with Crippen LogP contribution in [0.3, 0.4) is 0 Å². The van der Waals surface area contributed by atoms with Gasteiger partial charge in [-0.1, -0.05) is 23.2 Å². The van der Waals surface area contributed by atoms with Gasteiger partial charge >= 0.3 is 5.97 Å². The largest absolute Gasteiger partial charge is 0.478 e. The number of rotatable bonds is 5. The Morgan fingerprint density at radius 3 is 2.64 bits per heavy atom. The maximum Gasteiger partial charge on any atom is 0.338 e. The van der Waals surface area contributed by atoms with Crippen LogP contribution in [0.4, 0.5) is 4.39 Å². The Kier molecular flexibility index (Phi) is 5.05. The molecule has 5 nitrogen and oxygen atoms in total. The second-order valence-electron chi connectivity index (χ2n) is 4.06. The van der Waals surface area contributed by atoms with Gasteiger partial charge in [-0.3, -0.25) is 0 Å². The van der Waals surface area contributed by atoms with E-state index in [1.165, 1.54) is 12.3 Å². The zero-order valence-electron chi connectivity index (χ0n) is 11.3. The van der Waals surface area contributed by atoms with Crippen LogP contribution in [0.5, 0.6) is 17.4 Å². The summed E-state index contributed by atoms with van der Waals surface area (Å²) in [5.41, 5.74) is -0.541. The summed E-state index contributed by atoms with van der Waals surface area (Å²) in [5, 5.41) is 8.98. The lowest BCUT2D eigenvalue weighted by atomic mass is 10.2. The highest BCUT2D eigenvalue weighted by atomic mass is 35.5. The van der Waals surface area contributed by atoms with Crippen LogP contribution in [0.1, 0.15) is 17.3 Å². The maximum absolute atomic E-state index is 13.6. The minimum atomic E-state index is -1.42. The number of hydrogen-bond donors (Lipinski definition) is 1. The highest BCUT2D eigenvalue weighted by Crippen LogP contribution is 2.34. The molecule has 0 bridgehead atoms. The minimum Gasteiger partial charge on any atom is -0.478 e. The zero-order valence-corrected chi connectivity index (χ0v) is 12.8. The summed E-state index contributed by atoms with van der Waals surface area (Å²) in [4.78, 5) is 14.8. The molecule has 0 amide bonds. The molecule has 1 aromatic heterocycles. The number of aromatic nitrogens is 1. The summed E-state index contributed by atoms with van der Waals surface area (Å²) >= 11 is 11.8. The Hall–Kier alpha value is -2.05. The number of halogens is 3. The number of hydrogen-bond acceptors (Lipinski definition) is 4. The molecular weight excluding hydrogens is 336 g/mol. The second-order valence-corrected chi connectivity index (χ2v) is 4.88. The molecule has 1 heterocycles. The van der Waals surface area contributed by atoms with Crippen LogP contribution in [-0.2, 0) is 0 Å². The summed E-state index contributed by atoms with van der Waals surface area (Å²) in [6, 6.07) is 3.28. The fourth-order valence-corrected chi connectivity index (χ4v) is 2.02. The molecule has 2 aromatic rings. The van der Waals surface area contributed by atoms with Gasteiger partial charge in [0.15, 0.2) is 0 Å². The van der Waals surface area contributed by atoms with Gasteiger partial charge in [0.2, 0.25) is 5.88 Å². The van der Waals surface area contributed by atoms with E-state index in [0.29, 0.717) is 6.61 Å². The molecule has 0 atom stereocenters. The van der Waals surface area contributed by atoms with E-state index in [-0.39, 0.29) is 27.4 Å². The van der Waals surface area contributed by atoms with Crippen molar-refractivity contribution >= 4 is 29.2 Å². The van der Waals surface area contributed by atoms with Crippen LogP contribution in [-0.4, -0.2) is 22.7 Å². The molecule has 22 heavy (non-hydrogen) atoms. The Labute approximate surface area is 135 Å². The smallest absolute Gasteiger partial charge is 0.338 e. The molecule has 0 aliphatic rings. The molecule has 116 valence electrons. The van der Waals surface area contributed by atoms with Crippen LogP contribution in [0.15, 0.2) is 24.4 Å². The molecule has 8 heteroatoms. The fourth-order valence-electron chi connectivity index (χ4n) is 1.60. The predicted octanol–water partition coefficient (Wildman–Crippen LogP) is 4.42. The first kappa shape index (κ1) is 16.3. The molecular formula is C14H10Cl2FNO4. The summed E-state index contributed by atoms with van der Waals surface area (Å²) in [6.45, 7) is 2.19. The standard InChI is InChI=1S/C14H10Cl2FNO4/c1-2-21-13-10(16)3-7(6-18-13)22-12-5-11(17)8(14(19)20)4-9(12)15/h3-6H,2H2,1H3,(H,19,20). The van der Waals surface area contributed by atoms with Crippen LogP contribution >= 0.6 is 23.2 Å². The lowest BCUT2D eigenvalue weighted by Crippen LogP contribution is -2.01. The van der Waals surface area contributed by atoms with Crippen LogP contribution in [0.2, 0.25) is 10.0 Å². The summed E-state index contributed by atoms with van der Waals surface area (Å²) in [5.74, 6) is -1.98. The average Bonchev–Trinajstić information content (AvgIpc) is 2.45. The number of pyridine rings is 1. The number of carboxylic acid groups (broad SMARTS) is 1. The first-order chi connectivity index (χ1) is 10.4. The van der Waals surface area contributed by atoms with E-state index in [1.807, 2.05) is 0 Å². The monoisotopic (exact) mass is 345 g/mol. The number of carboxylic acids is 1. The van der Waals surface area contributed by atoms with Crippen molar-refractivity contribution in [3.8, 4) is 17.4 Å². The second kappa shape index (κ2) is 6.81. The van der Waals surface area contributed by atoms with E-state index in [9.17, 15) is 9.18 Å². The van der Waals surface area contributed by atoms with Crippen molar-refractivity contribution in [3.63, 3.8) is 0 Å². The van der Waals surface area contributed by atoms with E-state index in [1.54, 1.807) is 6.92 Å². The topological polar surface area (TPSA) is 68.7 Å². The van der Waals surface area contributed by atoms with Gasteiger partial charge in [0.05, 0.1) is 23.4 Å². The van der Waals surface area contributed by atoms with Gasteiger partial charge in [-0.05, 0) is 13.0 Å². The van der Waals surface area contributed by atoms with Crippen LogP contribution in [0.25, 0.3) is 0 Å². The van der Waals surface area contributed by atoms with Gasteiger partial charge in [0, 0.05) is 12.1 Å². The number of benzene rings is 1.